The van der Waals surface area contributed by atoms with Crippen LogP contribution in [-0.4, -0.2) is 25.2 Å². The van der Waals surface area contributed by atoms with E-state index in [2.05, 4.69) is 36.6 Å². The molecular weight excluding hydrogens is 262 g/mol. The average Bonchev–Trinajstić information content (AvgIpc) is 2.88. The van der Waals surface area contributed by atoms with E-state index in [9.17, 15) is 4.79 Å². The molecule has 1 saturated carbocycles. The number of rotatable bonds is 3. The van der Waals surface area contributed by atoms with Crippen LogP contribution in [-0.2, 0) is 0 Å². The largest absolute Gasteiger partial charge is 0.382 e. The van der Waals surface area contributed by atoms with Gasteiger partial charge in [-0.05, 0) is 55.4 Å². The third-order valence-corrected chi connectivity index (χ3v) is 4.75. The van der Waals surface area contributed by atoms with E-state index < -0.39 is 0 Å². The van der Waals surface area contributed by atoms with Crippen LogP contribution in [0.4, 0.5) is 16.2 Å². The first-order valence-corrected chi connectivity index (χ1v) is 7.95. The van der Waals surface area contributed by atoms with Crippen molar-refractivity contribution in [3.8, 4) is 0 Å². The van der Waals surface area contributed by atoms with Crippen molar-refractivity contribution >= 4 is 17.4 Å². The van der Waals surface area contributed by atoms with E-state index >= 15 is 0 Å². The summed E-state index contributed by atoms with van der Waals surface area (Å²) in [4.78, 5) is 13.4. The second kappa shape index (κ2) is 5.58. The topological polar surface area (TPSA) is 44.4 Å². The Morgan fingerprint density at radius 2 is 1.86 bits per heavy atom. The molecule has 2 N–H and O–H groups in total. The first-order valence-electron chi connectivity index (χ1n) is 7.95. The Morgan fingerprint density at radius 1 is 1.19 bits per heavy atom. The second-order valence-electron chi connectivity index (χ2n) is 7.01. The quantitative estimate of drug-likeness (QED) is 0.892. The molecule has 1 aromatic carbocycles. The fourth-order valence-electron chi connectivity index (χ4n) is 3.23. The van der Waals surface area contributed by atoms with Crippen LogP contribution in [0.5, 0.6) is 0 Å². The Morgan fingerprint density at radius 3 is 2.43 bits per heavy atom. The van der Waals surface area contributed by atoms with Crippen LogP contribution in [0.1, 0.15) is 39.5 Å². The van der Waals surface area contributed by atoms with Crippen LogP contribution < -0.4 is 15.5 Å². The van der Waals surface area contributed by atoms with Gasteiger partial charge in [0.2, 0.25) is 0 Å². The third kappa shape index (κ3) is 3.31. The van der Waals surface area contributed by atoms with Gasteiger partial charge in [0.15, 0.2) is 0 Å². The number of urea groups is 1. The number of nitrogens with zero attached hydrogens (tertiary/aromatic N) is 1. The minimum absolute atomic E-state index is 0.00483. The highest BCUT2D eigenvalue weighted by Crippen LogP contribution is 2.36. The lowest BCUT2D eigenvalue weighted by molar-refractivity contribution is 0.232. The molecule has 4 heteroatoms. The van der Waals surface area contributed by atoms with E-state index in [1.165, 1.54) is 25.7 Å². The molecule has 1 heterocycles. The SMILES string of the molecule is CC1(C)CCC(Nc2ccc(N3CCNC3=O)cc2)CC1. The lowest BCUT2D eigenvalue weighted by Crippen LogP contribution is -2.30. The minimum Gasteiger partial charge on any atom is -0.382 e. The van der Waals surface area contributed by atoms with Gasteiger partial charge < -0.3 is 10.6 Å². The first-order chi connectivity index (χ1) is 10.0. The number of hydrogen-bond donors (Lipinski definition) is 2. The van der Waals surface area contributed by atoms with Gasteiger partial charge >= 0.3 is 6.03 Å². The molecular formula is C17H25N3O. The summed E-state index contributed by atoms with van der Waals surface area (Å²) in [5, 5.41) is 6.46. The van der Waals surface area contributed by atoms with Crippen LogP contribution in [0, 0.1) is 5.41 Å². The Bertz CT molecular complexity index is 499. The van der Waals surface area contributed by atoms with E-state index in [1.807, 2.05) is 12.1 Å². The van der Waals surface area contributed by atoms with Gasteiger partial charge in [0, 0.05) is 30.5 Å². The summed E-state index contributed by atoms with van der Waals surface area (Å²) in [6.07, 6.45) is 5.06. The normalized spacial score (nSPS) is 22.2. The predicted octanol–water partition coefficient (Wildman–Crippen LogP) is 3.60. The lowest BCUT2D eigenvalue weighted by atomic mass is 9.75. The molecule has 4 nitrogen and oxygen atoms in total. The molecule has 0 aromatic heterocycles. The Balaban J connectivity index is 1.59. The molecule has 1 aliphatic carbocycles. The van der Waals surface area contributed by atoms with Crippen LogP contribution in [0.3, 0.4) is 0 Å². The van der Waals surface area contributed by atoms with Gasteiger partial charge in [-0.2, -0.15) is 0 Å². The smallest absolute Gasteiger partial charge is 0.321 e. The standard InChI is InChI=1S/C17H25N3O/c1-17(2)9-7-14(8-10-17)19-13-3-5-15(6-4-13)20-12-11-18-16(20)21/h3-6,14,19H,7-12H2,1-2H3,(H,18,21). The number of nitrogens with one attached hydrogen (secondary N) is 2. The van der Waals surface area contributed by atoms with Crippen molar-refractivity contribution in [3.63, 3.8) is 0 Å². The molecule has 114 valence electrons. The number of benzene rings is 1. The van der Waals surface area contributed by atoms with E-state index in [0.29, 0.717) is 11.5 Å². The van der Waals surface area contributed by atoms with Crippen molar-refractivity contribution in [2.24, 2.45) is 5.41 Å². The zero-order valence-corrected chi connectivity index (χ0v) is 13.0. The monoisotopic (exact) mass is 287 g/mol. The highest BCUT2D eigenvalue weighted by Gasteiger charge is 2.26. The molecule has 0 radical (unpaired) electrons. The summed E-state index contributed by atoms with van der Waals surface area (Å²) in [5.74, 6) is 0. The molecule has 3 rings (SSSR count). The van der Waals surface area contributed by atoms with Crippen molar-refractivity contribution in [1.29, 1.82) is 0 Å². The van der Waals surface area contributed by atoms with Crippen LogP contribution in [0.15, 0.2) is 24.3 Å². The fraction of sp³-hybridized carbons (Fsp3) is 0.588. The molecule has 2 amide bonds. The van der Waals surface area contributed by atoms with Crippen molar-refractivity contribution in [1.82, 2.24) is 5.32 Å². The molecule has 0 bridgehead atoms. The predicted molar refractivity (Wildman–Crippen MR) is 86.8 cm³/mol. The summed E-state index contributed by atoms with van der Waals surface area (Å²) >= 11 is 0. The number of amides is 2. The van der Waals surface area contributed by atoms with Gasteiger partial charge in [-0.1, -0.05) is 13.8 Å². The second-order valence-corrected chi connectivity index (χ2v) is 7.01. The summed E-state index contributed by atoms with van der Waals surface area (Å²) in [5.41, 5.74) is 2.63. The maximum Gasteiger partial charge on any atom is 0.321 e. The first kappa shape index (κ1) is 14.2. The number of hydrogen-bond acceptors (Lipinski definition) is 2. The Hall–Kier alpha value is -1.71. The van der Waals surface area contributed by atoms with Gasteiger partial charge in [0.1, 0.15) is 0 Å². The van der Waals surface area contributed by atoms with Gasteiger partial charge in [0.25, 0.3) is 0 Å². The Kier molecular flexibility index (Phi) is 3.79. The van der Waals surface area contributed by atoms with Crippen LogP contribution in [0.25, 0.3) is 0 Å². The van der Waals surface area contributed by atoms with Gasteiger partial charge in [-0.15, -0.1) is 0 Å². The summed E-state index contributed by atoms with van der Waals surface area (Å²) in [7, 11) is 0. The molecule has 0 atom stereocenters. The summed E-state index contributed by atoms with van der Waals surface area (Å²) < 4.78 is 0. The van der Waals surface area contributed by atoms with Crippen molar-refractivity contribution < 1.29 is 4.79 Å². The Labute approximate surface area is 126 Å². The van der Waals surface area contributed by atoms with Crippen molar-refractivity contribution in [3.05, 3.63) is 24.3 Å². The number of carbonyl (C=O) groups is 1. The van der Waals surface area contributed by atoms with Crippen LogP contribution in [0.2, 0.25) is 0 Å². The zero-order chi connectivity index (χ0) is 14.9. The zero-order valence-electron chi connectivity index (χ0n) is 13.0. The average molecular weight is 287 g/mol. The van der Waals surface area contributed by atoms with Gasteiger partial charge in [0.05, 0.1) is 0 Å². The summed E-state index contributed by atoms with van der Waals surface area (Å²) in [6.45, 7) is 6.21. The highest BCUT2D eigenvalue weighted by atomic mass is 16.2. The molecule has 1 saturated heterocycles. The number of carbonyl (C=O) groups excluding carboxylic acids is 1. The number of anilines is 2. The van der Waals surface area contributed by atoms with Crippen molar-refractivity contribution in [2.45, 2.75) is 45.6 Å². The van der Waals surface area contributed by atoms with E-state index in [1.54, 1.807) is 4.90 Å². The molecule has 0 unspecified atom stereocenters. The van der Waals surface area contributed by atoms with Gasteiger partial charge in [-0.25, -0.2) is 4.79 Å². The maximum atomic E-state index is 11.6. The van der Waals surface area contributed by atoms with E-state index in [4.69, 9.17) is 0 Å². The molecule has 0 spiro atoms. The molecule has 1 aliphatic heterocycles. The van der Waals surface area contributed by atoms with Gasteiger partial charge in [-0.3, -0.25) is 4.90 Å². The molecule has 1 aromatic rings. The third-order valence-electron chi connectivity index (χ3n) is 4.75. The van der Waals surface area contributed by atoms with E-state index in [-0.39, 0.29) is 6.03 Å². The minimum atomic E-state index is 0.00483. The molecule has 21 heavy (non-hydrogen) atoms. The molecule has 2 aliphatic rings. The van der Waals surface area contributed by atoms with Crippen LogP contribution >= 0.6 is 0 Å². The molecule has 2 fully saturated rings. The summed E-state index contributed by atoms with van der Waals surface area (Å²) in [6, 6.07) is 8.81. The maximum absolute atomic E-state index is 11.6. The lowest BCUT2D eigenvalue weighted by Gasteiger charge is -2.35. The van der Waals surface area contributed by atoms with E-state index in [0.717, 1.165) is 24.5 Å². The van der Waals surface area contributed by atoms with Crippen molar-refractivity contribution in [2.75, 3.05) is 23.3 Å². The fourth-order valence-corrected chi connectivity index (χ4v) is 3.23. The highest BCUT2D eigenvalue weighted by molar-refractivity contribution is 5.94.